The first kappa shape index (κ1) is 18.3. The zero-order valence-electron chi connectivity index (χ0n) is 15.3. The lowest BCUT2D eigenvalue weighted by atomic mass is 9.99. The number of carbonyl (C=O) groups excluding carboxylic acids is 1. The van der Waals surface area contributed by atoms with E-state index in [9.17, 15) is 4.79 Å². The number of hydrogen-bond acceptors (Lipinski definition) is 3. The highest BCUT2D eigenvalue weighted by molar-refractivity contribution is 5.93. The molecular weight excluding hydrogens is 340 g/mol. The maximum absolute atomic E-state index is 12.8. The van der Waals surface area contributed by atoms with E-state index in [-0.39, 0.29) is 12.1 Å². The minimum atomic E-state index is -0.351. The van der Waals surface area contributed by atoms with Crippen LogP contribution in [0.4, 0.5) is 10.5 Å². The molecular formula is C22H22N2O3. The average Bonchev–Trinajstić information content (AvgIpc) is 2.73. The van der Waals surface area contributed by atoms with E-state index in [2.05, 4.69) is 10.6 Å². The summed E-state index contributed by atoms with van der Waals surface area (Å²) in [6.07, 6.45) is 0. The molecule has 5 heteroatoms. The molecule has 0 fully saturated rings. The third-order valence-electron chi connectivity index (χ3n) is 4.21. The Labute approximate surface area is 158 Å². The molecule has 3 aromatic carbocycles. The molecule has 5 nitrogen and oxygen atoms in total. The monoisotopic (exact) mass is 362 g/mol. The second kappa shape index (κ2) is 8.76. The van der Waals surface area contributed by atoms with E-state index in [1.165, 1.54) is 0 Å². The van der Waals surface area contributed by atoms with Crippen molar-refractivity contribution in [2.45, 2.75) is 6.04 Å². The summed E-state index contributed by atoms with van der Waals surface area (Å²) in [6, 6.07) is 24.4. The summed E-state index contributed by atoms with van der Waals surface area (Å²) < 4.78 is 10.7. The van der Waals surface area contributed by atoms with Gasteiger partial charge in [-0.05, 0) is 23.3 Å². The Morgan fingerprint density at radius 2 is 1.22 bits per heavy atom. The van der Waals surface area contributed by atoms with Crippen LogP contribution in [0.1, 0.15) is 17.2 Å². The fourth-order valence-electron chi connectivity index (χ4n) is 2.91. The van der Waals surface area contributed by atoms with Crippen molar-refractivity contribution >= 4 is 11.7 Å². The molecule has 0 radical (unpaired) electrons. The Morgan fingerprint density at radius 1 is 0.741 bits per heavy atom. The molecule has 2 amide bonds. The maximum atomic E-state index is 12.8. The van der Waals surface area contributed by atoms with Crippen LogP contribution in [0.25, 0.3) is 0 Å². The lowest BCUT2D eigenvalue weighted by Gasteiger charge is -2.21. The quantitative estimate of drug-likeness (QED) is 0.673. The predicted octanol–water partition coefficient (Wildman–Crippen LogP) is 4.61. The van der Waals surface area contributed by atoms with Crippen molar-refractivity contribution in [2.75, 3.05) is 19.5 Å². The smallest absolute Gasteiger partial charge is 0.320 e. The first-order valence-electron chi connectivity index (χ1n) is 8.61. The average molecular weight is 362 g/mol. The zero-order chi connectivity index (χ0) is 19.1. The van der Waals surface area contributed by atoms with Gasteiger partial charge in [-0.3, -0.25) is 0 Å². The summed E-state index contributed by atoms with van der Waals surface area (Å²) >= 11 is 0. The van der Waals surface area contributed by atoms with Crippen molar-refractivity contribution in [1.82, 2.24) is 5.32 Å². The Hall–Kier alpha value is -3.47. The van der Waals surface area contributed by atoms with Crippen LogP contribution < -0.4 is 20.1 Å². The van der Waals surface area contributed by atoms with Crippen LogP contribution >= 0.6 is 0 Å². The minimum Gasteiger partial charge on any atom is -0.494 e. The lowest BCUT2D eigenvalue weighted by Crippen LogP contribution is -2.33. The number of rotatable bonds is 6. The van der Waals surface area contributed by atoms with Crippen LogP contribution in [0, 0.1) is 0 Å². The van der Waals surface area contributed by atoms with Crippen LogP contribution in [0.3, 0.4) is 0 Å². The molecule has 3 aromatic rings. The summed E-state index contributed by atoms with van der Waals surface area (Å²) in [5.41, 5.74) is 2.47. The Bertz CT molecular complexity index is 821. The highest BCUT2D eigenvalue weighted by Gasteiger charge is 2.19. The van der Waals surface area contributed by atoms with Gasteiger partial charge in [0.05, 0.1) is 20.3 Å². The number of benzene rings is 3. The SMILES string of the molecule is COc1cccc(OC)c1NC(=O)NC(c1ccccc1)c1ccccc1. The second-order valence-electron chi connectivity index (χ2n) is 5.89. The van der Waals surface area contributed by atoms with Crippen molar-refractivity contribution < 1.29 is 14.3 Å². The van der Waals surface area contributed by atoms with Crippen LogP contribution in [0.15, 0.2) is 78.9 Å². The third kappa shape index (κ3) is 4.39. The fraction of sp³-hybridized carbons (Fsp3) is 0.136. The molecule has 0 spiro atoms. The minimum absolute atomic E-state index is 0.284. The summed E-state index contributed by atoms with van der Waals surface area (Å²) in [4.78, 5) is 12.8. The topological polar surface area (TPSA) is 59.6 Å². The lowest BCUT2D eigenvalue weighted by molar-refractivity contribution is 0.250. The van der Waals surface area contributed by atoms with E-state index in [0.29, 0.717) is 17.2 Å². The number of para-hydroxylation sites is 1. The van der Waals surface area contributed by atoms with Crippen LogP contribution in [-0.4, -0.2) is 20.3 Å². The van der Waals surface area contributed by atoms with Crippen molar-refractivity contribution in [2.24, 2.45) is 0 Å². The van der Waals surface area contributed by atoms with Crippen molar-refractivity contribution in [3.05, 3.63) is 90.0 Å². The van der Waals surface area contributed by atoms with Gasteiger partial charge in [-0.1, -0.05) is 66.7 Å². The predicted molar refractivity (Wildman–Crippen MR) is 106 cm³/mol. The molecule has 138 valence electrons. The van der Waals surface area contributed by atoms with Crippen molar-refractivity contribution in [3.63, 3.8) is 0 Å². The molecule has 0 heterocycles. The van der Waals surface area contributed by atoms with Gasteiger partial charge in [0.2, 0.25) is 0 Å². The molecule has 2 N–H and O–H groups in total. The summed E-state index contributed by atoms with van der Waals surface area (Å²) in [5, 5.41) is 5.89. The molecule has 0 aliphatic heterocycles. The van der Waals surface area contributed by atoms with Gasteiger partial charge in [0.1, 0.15) is 17.2 Å². The highest BCUT2D eigenvalue weighted by atomic mass is 16.5. The van der Waals surface area contributed by atoms with Gasteiger partial charge < -0.3 is 20.1 Å². The number of methoxy groups -OCH3 is 2. The number of hydrogen-bond donors (Lipinski definition) is 2. The first-order valence-corrected chi connectivity index (χ1v) is 8.61. The zero-order valence-corrected chi connectivity index (χ0v) is 15.3. The van der Waals surface area contributed by atoms with Crippen molar-refractivity contribution in [3.8, 4) is 11.5 Å². The van der Waals surface area contributed by atoms with E-state index >= 15 is 0 Å². The van der Waals surface area contributed by atoms with E-state index < -0.39 is 0 Å². The Kier molecular flexibility index (Phi) is 5.94. The number of anilines is 1. The normalized spacial score (nSPS) is 10.3. The van der Waals surface area contributed by atoms with Gasteiger partial charge in [-0.15, -0.1) is 0 Å². The number of urea groups is 1. The van der Waals surface area contributed by atoms with Gasteiger partial charge in [-0.25, -0.2) is 4.79 Å². The maximum Gasteiger partial charge on any atom is 0.320 e. The molecule has 0 aliphatic rings. The van der Waals surface area contributed by atoms with Crippen LogP contribution in [0.2, 0.25) is 0 Å². The number of carbonyl (C=O) groups is 1. The van der Waals surface area contributed by atoms with E-state index in [1.807, 2.05) is 60.7 Å². The molecule has 3 rings (SSSR count). The van der Waals surface area contributed by atoms with Gasteiger partial charge >= 0.3 is 6.03 Å². The fourth-order valence-corrected chi connectivity index (χ4v) is 2.91. The number of amides is 2. The Balaban J connectivity index is 1.86. The Morgan fingerprint density at radius 3 is 1.67 bits per heavy atom. The molecule has 0 bridgehead atoms. The number of ether oxygens (including phenoxy) is 2. The summed E-state index contributed by atoms with van der Waals surface area (Å²) in [7, 11) is 3.10. The molecule has 0 aliphatic carbocycles. The van der Waals surface area contributed by atoms with Gasteiger partial charge in [0.25, 0.3) is 0 Å². The van der Waals surface area contributed by atoms with Crippen LogP contribution in [0.5, 0.6) is 11.5 Å². The largest absolute Gasteiger partial charge is 0.494 e. The van der Waals surface area contributed by atoms with Gasteiger partial charge in [-0.2, -0.15) is 0 Å². The van der Waals surface area contributed by atoms with Crippen LogP contribution in [-0.2, 0) is 0 Å². The summed E-state index contributed by atoms with van der Waals surface area (Å²) in [6.45, 7) is 0. The third-order valence-corrected chi connectivity index (χ3v) is 4.21. The molecule has 0 atom stereocenters. The van der Waals surface area contributed by atoms with E-state index in [4.69, 9.17) is 9.47 Å². The molecule has 0 saturated carbocycles. The molecule has 0 aromatic heterocycles. The molecule has 27 heavy (non-hydrogen) atoms. The first-order chi connectivity index (χ1) is 13.2. The van der Waals surface area contributed by atoms with Gasteiger partial charge in [0.15, 0.2) is 0 Å². The van der Waals surface area contributed by atoms with Gasteiger partial charge in [0, 0.05) is 0 Å². The molecule has 0 unspecified atom stereocenters. The molecule has 0 saturated heterocycles. The second-order valence-corrected chi connectivity index (χ2v) is 5.89. The highest BCUT2D eigenvalue weighted by Crippen LogP contribution is 2.34. The van der Waals surface area contributed by atoms with E-state index in [1.54, 1.807) is 32.4 Å². The standard InChI is InChI=1S/C22H22N2O3/c1-26-18-14-9-15-19(27-2)21(18)24-22(25)23-20(16-10-5-3-6-11-16)17-12-7-4-8-13-17/h3-15,20H,1-2H3,(H2,23,24,25). The van der Waals surface area contributed by atoms with E-state index in [0.717, 1.165) is 11.1 Å². The summed E-state index contributed by atoms with van der Waals surface area (Å²) in [5.74, 6) is 1.06. The number of nitrogens with one attached hydrogen (secondary N) is 2. The van der Waals surface area contributed by atoms with Crippen molar-refractivity contribution in [1.29, 1.82) is 0 Å².